The molecule has 0 aliphatic rings. The van der Waals surface area contributed by atoms with Crippen LogP contribution in [0.15, 0.2) is 132 Å². The van der Waals surface area contributed by atoms with Gasteiger partial charge in [0.2, 0.25) is 5.41 Å². The standard InChI is InChI=1S/C64H68F6N2O6S/c1-15-60(13,59(11,12)58(9,10)43-30-35-51(57(6,7)8)47(37-43)55(73)40-20-17-21-46(36-40)79(74,75)76)52-23-19-25-54(49(52)39-72)77-44-31-26-41(27-32-44)62(63(65,66)67,64(68,69)70)42-28-33-45(34-29-42)78-61(14,16-2)53-24-18-22-50(48(53)38-71)56(3,4)5/h17-37H,15-16H2,1-14H3,(H,74,75,76). The van der Waals surface area contributed by atoms with Gasteiger partial charge < -0.3 is 9.47 Å². The Hall–Kier alpha value is -6.94. The molecule has 15 heteroatoms. The maximum Gasteiger partial charge on any atom is 0.411 e. The highest BCUT2D eigenvalue weighted by molar-refractivity contribution is 7.85. The second kappa shape index (κ2) is 21.3. The number of ether oxygens (including phenoxy) is 2. The lowest BCUT2D eigenvalue weighted by Gasteiger charge is -2.54. The van der Waals surface area contributed by atoms with Crippen LogP contribution in [0.1, 0.15) is 176 Å². The Morgan fingerprint density at radius 2 is 1.04 bits per heavy atom. The summed E-state index contributed by atoms with van der Waals surface area (Å²) in [4.78, 5) is 14.0. The van der Waals surface area contributed by atoms with Crippen molar-refractivity contribution in [3.05, 3.63) is 189 Å². The summed E-state index contributed by atoms with van der Waals surface area (Å²) >= 11 is 0. The molecule has 1 N–H and O–H groups in total. The van der Waals surface area contributed by atoms with Crippen LogP contribution in [0.25, 0.3) is 0 Å². The van der Waals surface area contributed by atoms with Crippen LogP contribution in [-0.2, 0) is 42.8 Å². The minimum Gasteiger partial charge on any atom is -0.483 e. The van der Waals surface area contributed by atoms with E-state index in [0.717, 1.165) is 53.6 Å². The van der Waals surface area contributed by atoms with Crippen molar-refractivity contribution in [2.24, 2.45) is 5.41 Å². The Bertz CT molecular complexity index is 3450. The summed E-state index contributed by atoms with van der Waals surface area (Å²) in [7, 11) is -4.61. The van der Waals surface area contributed by atoms with Gasteiger partial charge in [-0.1, -0.05) is 169 Å². The third kappa shape index (κ3) is 11.1. The zero-order valence-electron chi connectivity index (χ0n) is 47.1. The molecule has 6 aromatic rings. The van der Waals surface area contributed by atoms with E-state index in [0.29, 0.717) is 52.8 Å². The second-order valence-electron chi connectivity index (χ2n) is 23.7. The first kappa shape index (κ1) is 61.3. The van der Waals surface area contributed by atoms with Crippen molar-refractivity contribution >= 4 is 15.9 Å². The van der Waals surface area contributed by atoms with Gasteiger partial charge in [0, 0.05) is 16.7 Å². The lowest BCUT2D eigenvalue weighted by Crippen LogP contribution is -2.54. The fraction of sp³-hybridized carbons (Fsp3) is 0.391. The van der Waals surface area contributed by atoms with E-state index in [1.165, 1.54) is 24.3 Å². The third-order valence-corrected chi connectivity index (χ3v) is 17.6. The summed E-state index contributed by atoms with van der Waals surface area (Å²) in [6, 6.07) is 32.7. The number of hydrogen-bond acceptors (Lipinski definition) is 7. The lowest BCUT2D eigenvalue weighted by molar-refractivity contribution is -0.288. The maximum atomic E-state index is 15.5. The second-order valence-corrected chi connectivity index (χ2v) is 25.2. The van der Waals surface area contributed by atoms with Crippen LogP contribution in [0, 0.1) is 28.1 Å². The molecule has 6 rings (SSSR count). The predicted molar refractivity (Wildman–Crippen MR) is 294 cm³/mol. The minimum atomic E-state index is -5.90. The molecule has 0 saturated carbocycles. The van der Waals surface area contributed by atoms with E-state index >= 15 is 26.3 Å². The van der Waals surface area contributed by atoms with Gasteiger partial charge in [0.15, 0.2) is 5.78 Å². The highest BCUT2D eigenvalue weighted by Crippen LogP contribution is 2.59. The first-order valence-corrected chi connectivity index (χ1v) is 27.3. The Morgan fingerprint density at radius 1 is 0.557 bits per heavy atom. The smallest absolute Gasteiger partial charge is 0.411 e. The fourth-order valence-corrected chi connectivity index (χ4v) is 11.4. The summed E-state index contributed by atoms with van der Waals surface area (Å²) < 4.78 is 139. The van der Waals surface area contributed by atoms with Crippen molar-refractivity contribution < 1.29 is 53.6 Å². The van der Waals surface area contributed by atoms with E-state index in [1.54, 1.807) is 44.2 Å². The third-order valence-electron chi connectivity index (χ3n) is 16.8. The zero-order chi connectivity index (χ0) is 59.3. The molecule has 0 fully saturated rings. The molecule has 8 nitrogen and oxygen atoms in total. The van der Waals surface area contributed by atoms with Crippen LogP contribution in [-0.4, -0.2) is 31.1 Å². The first-order valence-electron chi connectivity index (χ1n) is 25.9. The molecule has 79 heavy (non-hydrogen) atoms. The van der Waals surface area contributed by atoms with Gasteiger partial charge in [-0.15, -0.1) is 0 Å². The van der Waals surface area contributed by atoms with Gasteiger partial charge in [-0.25, -0.2) is 0 Å². The Morgan fingerprint density at radius 3 is 1.52 bits per heavy atom. The molecule has 0 aromatic heterocycles. The Labute approximate surface area is 461 Å². The van der Waals surface area contributed by atoms with Crippen LogP contribution in [0.4, 0.5) is 26.3 Å². The number of rotatable bonds is 16. The van der Waals surface area contributed by atoms with Crippen molar-refractivity contribution in [2.45, 2.75) is 160 Å². The van der Waals surface area contributed by atoms with E-state index in [1.807, 2.05) is 101 Å². The van der Waals surface area contributed by atoms with E-state index in [4.69, 9.17) is 9.47 Å². The van der Waals surface area contributed by atoms with E-state index in [9.17, 15) is 28.3 Å². The average molecular weight is 1110 g/mol. The number of alkyl halides is 6. The van der Waals surface area contributed by atoms with Gasteiger partial charge in [-0.2, -0.15) is 45.3 Å². The largest absolute Gasteiger partial charge is 0.483 e. The van der Waals surface area contributed by atoms with Crippen LogP contribution in [0.5, 0.6) is 17.2 Å². The quantitative estimate of drug-likeness (QED) is 0.0575. The van der Waals surface area contributed by atoms with Crippen molar-refractivity contribution in [3.63, 3.8) is 0 Å². The number of nitriles is 2. The molecule has 6 aromatic carbocycles. The number of carbonyl (C=O) groups excluding carboxylic acids is 1. The molecule has 0 saturated heterocycles. The number of ketones is 1. The lowest BCUT2D eigenvalue weighted by atomic mass is 9.49. The van der Waals surface area contributed by atoms with Crippen molar-refractivity contribution in [1.82, 2.24) is 0 Å². The first-order chi connectivity index (χ1) is 36.3. The predicted octanol–water partition coefficient (Wildman–Crippen LogP) is 17.1. The number of carbonyl (C=O) groups is 1. The highest BCUT2D eigenvalue weighted by Gasteiger charge is 2.72. The van der Waals surface area contributed by atoms with Gasteiger partial charge in [-0.05, 0) is 129 Å². The summed E-state index contributed by atoms with van der Waals surface area (Å²) in [6.07, 6.45) is -11.0. The van der Waals surface area contributed by atoms with Crippen LogP contribution < -0.4 is 9.47 Å². The fourth-order valence-electron chi connectivity index (χ4n) is 10.9. The molecule has 0 spiro atoms. The minimum absolute atomic E-state index is 0.00941. The molecule has 2 unspecified atom stereocenters. The number of nitrogens with zero attached hydrogens (tertiary/aromatic N) is 2. The summed E-state index contributed by atoms with van der Waals surface area (Å²) in [5.74, 6) is -0.597. The number of halogens is 6. The number of hydrogen-bond donors (Lipinski definition) is 1. The highest BCUT2D eigenvalue weighted by atomic mass is 32.2. The van der Waals surface area contributed by atoms with E-state index in [-0.39, 0.29) is 28.4 Å². The van der Waals surface area contributed by atoms with Crippen molar-refractivity contribution in [3.8, 4) is 29.4 Å². The van der Waals surface area contributed by atoms with Gasteiger partial charge in [0.05, 0.1) is 22.1 Å². The van der Waals surface area contributed by atoms with Crippen LogP contribution in [0.2, 0.25) is 0 Å². The number of benzene rings is 6. The molecule has 418 valence electrons. The SMILES string of the molecule is CCC(C)(Oc1ccc(C(c2ccc(Oc3cccc(C(C)(CC)C(C)(C)C(C)(C)c4ccc(C(C)(C)C)c(C(=O)c5cccc(S(=O)(=O)O)c5)c4)c3C#N)cc2)(C(F)(F)F)C(F)(F)F)cc1)c1cccc(C(C)(C)C)c1C#N. The van der Waals surface area contributed by atoms with E-state index in [2.05, 4.69) is 12.1 Å². The summed E-state index contributed by atoms with van der Waals surface area (Å²) in [6.45, 7) is 27.2. The maximum absolute atomic E-state index is 15.5. The van der Waals surface area contributed by atoms with Gasteiger partial charge in [0.1, 0.15) is 28.9 Å². The molecule has 0 bridgehead atoms. The molecule has 0 amide bonds. The molecule has 0 radical (unpaired) electrons. The summed E-state index contributed by atoms with van der Waals surface area (Å²) in [5.41, 5.74) is -7.23. The van der Waals surface area contributed by atoms with Crippen LogP contribution >= 0.6 is 0 Å². The average Bonchev–Trinajstić information content (AvgIpc) is 3.55. The zero-order valence-corrected chi connectivity index (χ0v) is 47.9. The molecule has 0 heterocycles. The molecule has 2 atom stereocenters. The monoisotopic (exact) mass is 1110 g/mol. The van der Waals surface area contributed by atoms with Crippen molar-refractivity contribution in [2.75, 3.05) is 0 Å². The molecule has 0 aliphatic carbocycles. The Balaban J connectivity index is 1.37. The van der Waals surface area contributed by atoms with Gasteiger partial charge in [-0.3, -0.25) is 9.35 Å². The van der Waals surface area contributed by atoms with Crippen LogP contribution in [0.3, 0.4) is 0 Å². The topological polar surface area (TPSA) is 137 Å². The molecule has 0 aliphatic heterocycles. The molecular formula is C64H68F6N2O6S. The van der Waals surface area contributed by atoms with Gasteiger partial charge in [0.25, 0.3) is 10.1 Å². The van der Waals surface area contributed by atoms with E-state index < -0.39 is 82.4 Å². The Kier molecular flexibility index (Phi) is 16.5. The summed E-state index contributed by atoms with van der Waals surface area (Å²) in [5, 5.41) is 21.1. The van der Waals surface area contributed by atoms with Gasteiger partial charge >= 0.3 is 12.4 Å². The molecular weight excluding hydrogens is 1040 g/mol. The van der Waals surface area contributed by atoms with Crippen molar-refractivity contribution in [1.29, 1.82) is 10.5 Å². The normalized spacial score (nSPS) is 14.6.